The number of hydrogen-bond acceptors (Lipinski definition) is 3. The maximum atomic E-state index is 11.9. The number of likely N-dealkylation sites (tertiary alicyclic amines) is 1. The van der Waals surface area contributed by atoms with E-state index < -0.39 is 11.6 Å². The van der Waals surface area contributed by atoms with Crippen molar-refractivity contribution in [2.75, 3.05) is 6.54 Å². The Morgan fingerprint density at radius 2 is 1.94 bits per heavy atom. The van der Waals surface area contributed by atoms with Crippen molar-refractivity contribution in [1.29, 1.82) is 0 Å². The molecule has 96 valence electrons. The van der Waals surface area contributed by atoms with Gasteiger partial charge in [-0.1, -0.05) is 0 Å². The highest BCUT2D eigenvalue weighted by molar-refractivity contribution is 5.73. The first-order valence-electron chi connectivity index (χ1n) is 6.00. The zero-order valence-electron chi connectivity index (χ0n) is 10.5. The Bertz CT molecular complexity index is 347. The third kappa shape index (κ3) is 2.37. The maximum Gasteiger partial charge on any atom is 0.410 e. The van der Waals surface area contributed by atoms with Gasteiger partial charge in [-0.2, -0.15) is 0 Å². The number of piperidine rings is 1. The Labute approximate surface area is 101 Å². The summed E-state index contributed by atoms with van der Waals surface area (Å²) in [6, 6.07) is 0.0518. The molecule has 2 aliphatic rings. The summed E-state index contributed by atoms with van der Waals surface area (Å²) in [4.78, 5) is 24.5. The van der Waals surface area contributed by atoms with Crippen molar-refractivity contribution in [2.45, 2.75) is 45.3 Å². The van der Waals surface area contributed by atoms with E-state index in [1.807, 2.05) is 20.8 Å². The van der Waals surface area contributed by atoms with Crippen LogP contribution in [0.2, 0.25) is 0 Å². The molecule has 0 radical (unpaired) electrons. The van der Waals surface area contributed by atoms with Gasteiger partial charge in [0.25, 0.3) is 0 Å². The van der Waals surface area contributed by atoms with Gasteiger partial charge in [-0.3, -0.25) is 4.79 Å². The van der Waals surface area contributed by atoms with Crippen molar-refractivity contribution in [3.05, 3.63) is 0 Å². The molecular formula is C12H19NO4. The molecule has 2 fully saturated rings. The van der Waals surface area contributed by atoms with Crippen LogP contribution in [0.4, 0.5) is 4.79 Å². The lowest BCUT2D eigenvalue weighted by atomic mass is 9.95. The Morgan fingerprint density at radius 1 is 1.29 bits per heavy atom. The second kappa shape index (κ2) is 3.89. The average Bonchev–Trinajstić information content (AvgIpc) is 2.72. The van der Waals surface area contributed by atoms with Crippen LogP contribution >= 0.6 is 0 Å². The van der Waals surface area contributed by atoms with E-state index >= 15 is 0 Å². The number of fused-ring (bicyclic) bond motifs is 2. The van der Waals surface area contributed by atoms with Gasteiger partial charge in [-0.15, -0.1) is 0 Å². The number of aliphatic carboxylic acids is 1. The van der Waals surface area contributed by atoms with E-state index in [0.717, 1.165) is 6.42 Å². The van der Waals surface area contributed by atoms with Crippen LogP contribution < -0.4 is 0 Å². The minimum absolute atomic E-state index is 0.0518. The van der Waals surface area contributed by atoms with Crippen LogP contribution in [0.15, 0.2) is 0 Å². The molecule has 3 unspecified atom stereocenters. The van der Waals surface area contributed by atoms with Crippen LogP contribution in [0, 0.1) is 11.8 Å². The molecule has 1 aliphatic carbocycles. The molecule has 5 nitrogen and oxygen atoms in total. The zero-order chi connectivity index (χ0) is 12.8. The SMILES string of the molecule is CC(C)(C)OC(=O)N1CC2CC1CC2C(=O)O. The summed E-state index contributed by atoms with van der Waals surface area (Å²) in [6.07, 6.45) is 1.06. The van der Waals surface area contributed by atoms with E-state index in [2.05, 4.69) is 0 Å². The number of carbonyl (C=O) groups excluding carboxylic acids is 1. The highest BCUT2D eigenvalue weighted by atomic mass is 16.6. The summed E-state index contributed by atoms with van der Waals surface area (Å²) < 4.78 is 5.31. The third-order valence-corrected chi connectivity index (χ3v) is 3.49. The molecule has 1 heterocycles. The molecule has 5 heteroatoms. The number of carboxylic acid groups (broad SMARTS) is 1. The highest BCUT2D eigenvalue weighted by Gasteiger charge is 2.50. The standard InChI is InChI=1S/C12H19NO4/c1-12(2,3)17-11(16)13-6-7-4-8(13)5-9(7)10(14)15/h7-9H,4-6H2,1-3H3,(H,14,15). The number of rotatable bonds is 1. The quantitative estimate of drug-likeness (QED) is 0.759. The zero-order valence-corrected chi connectivity index (χ0v) is 10.5. The largest absolute Gasteiger partial charge is 0.481 e. The monoisotopic (exact) mass is 241 g/mol. The molecule has 0 aromatic heterocycles. The molecule has 0 aromatic rings. The molecule has 1 amide bonds. The van der Waals surface area contributed by atoms with Crippen molar-refractivity contribution < 1.29 is 19.4 Å². The number of amides is 1. The van der Waals surface area contributed by atoms with Crippen LogP contribution in [0.1, 0.15) is 33.6 Å². The smallest absolute Gasteiger partial charge is 0.410 e. The minimum atomic E-state index is -0.735. The lowest BCUT2D eigenvalue weighted by Gasteiger charge is -2.31. The van der Waals surface area contributed by atoms with Gasteiger partial charge in [-0.05, 0) is 39.5 Å². The van der Waals surface area contributed by atoms with Gasteiger partial charge in [-0.25, -0.2) is 4.79 Å². The first-order valence-corrected chi connectivity index (χ1v) is 6.00. The minimum Gasteiger partial charge on any atom is -0.481 e. The molecular weight excluding hydrogens is 222 g/mol. The number of nitrogens with zero attached hydrogens (tertiary/aromatic N) is 1. The van der Waals surface area contributed by atoms with Gasteiger partial charge >= 0.3 is 12.1 Å². The molecule has 1 saturated carbocycles. The van der Waals surface area contributed by atoms with Gasteiger partial charge in [0.1, 0.15) is 5.60 Å². The fourth-order valence-electron chi connectivity index (χ4n) is 2.80. The van der Waals surface area contributed by atoms with Gasteiger partial charge in [0.05, 0.1) is 5.92 Å². The van der Waals surface area contributed by atoms with Gasteiger partial charge < -0.3 is 14.7 Å². The van der Waals surface area contributed by atoms with Crippen molar-refractivity contribution in [2.24, 2.45) is 11.8 Å². The lowest BCUT2D eigenvalue weighted by molar-refractivity contribution is -0.143. The van der Waals surface area contributed by atoms with Crippen LogP contribution in [0.3, 0.4) is 0 Å². The van der Waals surface area contributed by atoms with Crippen molar-refractivity contribution in [1.82, 2.24) is 4.90 Å². The lowest BCUT2D eigenvalue weighted by Crippen LogP contribution is -2.44. The Morgan fingerprint density at radius 3 is 2.35 bits per heavy atom. The number of carbonyl (C=O) groups is 2. The third-order valence-electron chi connectivity index (χ3n) is 3.49. The van der Waals surface area contributed by atoms with E-state index in [1.165, 1.54) is 0 Å². The summed E-state index contributed by atoms with van der Waals surface area (Å²) >= 11 is 0. The number of hydrogen-bond donors (Lipinski definition) is 1. The van der Waals surface area contributed by atoms with Crippen LogP contribution in [0.5, 0.6) is 0 Å². The first-order chi connectivity index (χ1) is 7.78. The predicted molar refractivity (Wildman–Crippen MR) is 60.6 cm³/mol. The Balaban J connectivity index is 1.96. The van der Waals surface area contributed by atoms with Crippen LogP contribution in [-0.2, 0) is 9.53 Å². The van der Waals surface area contributed by atoms with E-state index in [4.69, 9.17) is 9.84 Å². The summed E-state index contributed by atoms with van der Waals surface area (Å²) in [5.74, 6) is -0.912. The van der Waals surface area contributed by atoms with E-state index in [0.29, 0.717) is 13.0 Å². The predicted octanol–water partition coefficient (Wildman–Crippen LogP) is 1.72. The molecule has 0 aromatic carbocycles. The average molecular weight is 241 g/mol. The molecule has 1 saturated heterocycles. The molecule has 3 atom stereocenters. The number of carboxylic acids is 1. The van der Waals surface area contributed by atoms with Crippen LogP contribution in [-0.4, -0.2) is 40.3 Å². The molecule has 1 N–H and O–H groups in total. The molecule has 0 spiro atoms. The normalized spacial score (nSPS) is 31.7. The van der Waals surface area contributed by atoms with Crippen LogP contribution in [0.25, 0.3) is 0 Å². The summed E-state index contributed by atoms with van der Waals surface area (Å²) in [7, 11) is 0. The van der Waals surface area contributed by atoms with Crippen molar-refractivity contribution in [3.63, 3.8) is 0 Å². The second-order valence-corrected chi connectivity index (χ2v) is 5.96. The van der Waals surface area contributed by atoms with Gasteiger partial charge in [0, 0.05) is 12.6 Å². The molecule has 1 aliphatic heterocycles. The van der Waals surface area contributed by atoms with E-state index in [-0.39, 0.29) is 24.0 Å². The van der Waals surface area contributed by atoms with E-state index in [1.54, 1.807) is 4.90 Å². The van der Waals surface area contributed by atoms with Gasteiger partial charge in [0.15, 0.2) is 0 Å². The second-order valence-electron chi connectivity index (χ2n) is 5.96. The fourth-order valence-corrected chi connectivity index (χ4v) is 2.80. The molecule has 17 heavy (non-hydrogen) atoms. The number of ether oxygens (including phenoxy) is 1. The Hall–Kier alpha value is -1.26. The van der Waals surface area contributed by atoms with E-state index in [9.17, 15) is 9.59 Å². The van der Waals surface area contributed by atoms with Gasteiger partial charge in [0.2, 0.25) is 0 Å². The van der Waals surface area contributed by atoms with Crippen molar-refractivity contribution in [3.8, 4) is 0 Å². The maximum absolute atomic E-state index is 11.9. The summed E-state index contributed by atoms with van der Waals surface area (Å²) in [6.45, 7) is 6.02. The summed E-state index contributed by atoms with van der Waals surface area (Å²) in [5.41, 5.74) is -0.495. The van der Waals surface area contributed by atoms with Crippen molar-refractivity contribution >= 4 is 12.1 Å². The molecule has 2 bridgehead atoms. The Kier molecular flexibility index (Phi) is 2.79. The fraction of sp³-hybridized carbons (Fsp3) is 0.833. The molecule has 2 rings (SSSR count). The topological polar surface area (TPSA) is 66.8 Å². The highest BCUT2D eigenvalue weighted by Crippen LogP contribution is 2.42. The summed E-state index contributed by atoms with van der Waals surface area (Å²) in [5, 5.41) is 9.01. The first kappa shape index (κ1) is 12.2.